The Balaban J connectivity index is 1.79. The van der Waals surface area contributed by atoms with Gasteiger partial charge in [0.1, 0.15) is 0 Å². The number of alkyl halides is 3. The maximum absolute atomic E-state index is 12.1. The molecule has 3 aromatic rings. The molecule has 2 aromatic heterocycles. The van der Waals surface area contributed by atoms with Crippen molar-refractivity contribution < 1.29 is 27.5 Å². The molecule has 124 valence electrons. The lowest BCUT2D eigenvalue weighted by Crippen LogP contribution is -2.28. The van der Waals surface area contributed by atoms with E-state index >= 15 is 0 Å². The number of rotatable bonds is 3. The maximum atomic E-state index is 12.1. The van der Waals surface area contributed by atoms with Crippen molar-refractivity contribution in [3.63, 3.8) is 0 Å². The van der Waals surface area contributed by atoms with Crippen LogP contribution in [0.25, 0.3) is 10.2 Å². The molecule has 2 heterocycles. The van der Waals surface area contributed by atoms with Gasteiger partial charge in [-0.1, -0.05) is 17.0 Å². The SMILES string of the molecule is O=C(OC(=O)C(F)(F)F)c1[nH]nnc1Sc1ccc2ncsc2c1. The number of benzene rings is 1. The first-order valence-electron chi connectivity index (χ1n) is 6.10. The van der Waals surface area contributed by atoms with E-state index in [1.165, 1.54) is 11.3 Å². The number of nitrogens with zero attached hydrogens (tertiary/aromatic N) is 3. The van der Waals surface area contributed by atoms with E-state index in [9.17, 15) is 22.8 Å². The standard InChI is InChI=1S/C12H5F3N4O3S2/c13-12(14,15)11(21)22-10(20)8-9(18-19-17-8)24-5-1-2-6-7(3-5)23-4-16-6/h1-4H,(H,17,18,19). The van der Waals surface area contributed by atoms with Crippen LogP contribution in [0.5, 0.6) is 0 Å². The Morgan fingerprint density at radius 1 is 1.29 bits per heavy atom. The summed E-state index contributed by atoms with van der Waals surface area (Å²) in [7, 11) is 0. The van der Waals surface area contributed by atoms with Gasteiger partial charge in [-0.25, -0.2) is 19.7 Å². The number of halogens is 3. The minimum Gasteiger partial charge on any atom is -0.381 e. The zero-order valence-electron chi connectivity index (χ0n) is 11.3. The second kappa shape index (κ2) is 6.20. The number of fused-ring (bicyclic) bond motifs is 1. The molecule has 0 aliphatic rings. The number of aromatic amines is 1. The number of aromatic nitrogens is 4. The second-order valence-corrected chi connectivity index (χ2v) is 6.20. The molecule has 0 aliphatic carbocycles. The van der Waals surface area contributed by atoms with Crippen LogP contribution in [0.2, 0.25) is 0 Å². The van der Waals surface area contributed by atoms with Crippen molar-refractivity contribution in [3.8, 4) is 0 Å². The largest absolute Gasteiger partial charge is 0.491 e. The number of esters is 2. The van der Waals surface area contributed by atoms with Gasteiger partial charge in [-0.05, 0) is 18.2 Å². The molecular weight excluding hydrogens is 369 g/mol. The van der Waals surface area contributed by atoms with Crippen LogP contribution in [0.3, 0.4) is 0 Å². The van der Waals surface area contributed by atoms with Crippen molar-refractivity contribution in [1.82, 2.24) is 20.4 Å². The summed E-state index contributed by atoms with van der Waals surface area (Å²) >= 11 is 2.39. The van der Waals surface area contributed by atoms with E-state index in [2.05, 4.69) is 25.1 Å². The van der Waals surface area contributed by atoms with Crippen LogP contribution in [0, 0.1) is 0 Å². The second-order valence-electron chi connectivity index (χ2n) is 4.25. The van der Waals surface area contributed by atoms with E-state index < -0.39 is 23.8 Å². The van der Waals surface area contributed by atoms with Gasteiger partial charge >= 0.3 is 18.1 Å². The molecule has 7 nitrogen and oxygen atoms in total. The summed E-state index contributed by atoms with van der Waals surface area (Å²) in [4.78, 5) is 27.2. The molecule has 0 bridgehead atoms. The fourth-order valence-corrected chi connectivity index (χ4v) is 3.27. The van der Waals surface area contributed by atoms with Crippen molar-refractivity contribution in [2.75, 3.05) is 0 Å². The Labute approximate surface area is 139 Å². The number of hydrogen-bond donors (Lipinski definition) is 1. The van der Waals surface area contributed by atoms with Crippen LogP contribution >= 0.6 is 23.1 Å². The third kappa shape index (κ3) is 3.38. The van der Waals surface area contributed by atoms with Gasteiger partial charge in [0.15, 0.2) is 10.7 Å². The van der Waals surface area contributed by atoms with E-state index in [0.29, 0.717) is 4.90 Å². The number of nitrogens with one attached hydrogen (secondary N) is 1. The van der Waals surface area contributed by atoms with Crippen LogP contribution in [0.1, 0.15) is 10.5 Å². The van der Waals surface area contributed by atoms with E-state index in [0.717, 1.165) is 22.0 Å². The number of carbonyl (C=O) groups is 2. The molecule has 0 radical (unpaired) electrons. The monoisotopic (exact) mass is 374 g/mol. The van der Waals surface area contributed by atoms with E-state index in [-0.39, 0.29) is 5.03 Å². The molecular formula is C12H5F3N4O3S2. The van der Waals surface area contributed by atoms with Gasteiger partial charge in [0, 0.05) is 4.90 Å². The molecule has 1 aromatic carbocycles. The first-order valence-corrected chi connectivity index (χ1v) is 7.79. The molecule has 0 amide bonds. The summed E-state index contributed by atoms with van der Waals surface area (Å²) in [6.07, 6.45) is -5.27. The van der Waals surface area contributed by atoms with Gasteiger partial charge in [0.05, 0.1) is 15.7 Å². The molecule has 12 heteroatoms. The van der Waals surface area contributed by atoms with E-state index in [1.54, 1.807) is 23.7 Å². The van der Waals surface area contributed by atoms with E-state index in [1.807, 2.05) is 0 Å². The van der Waals surface area contributed by atoms with Crippen LogP contribution < -0.4 is 0 Å². The summed E-state index contributed by atoms with van der Waals surface area (Å²) in [6.45, 7) is 0. The predicted molar refractivity (Wildman–Crippen MR) is 76.6 cm³/mol. The fraction of sp³-hybridized carbons (Fsp3) is 0.0833. The summed E-state index contributed by atoms with van der Waals surface area (Å²) < 4.78 is 41.1. The highest BCUT2D eigenvalue weighted by atomic mass is 32.2. The van der Waals surface area contributed by atoms with Gasteiger partial charge in [0.25, 0.3) is 0 Å². The molecule has 0 spiro atoms. The van der Waals surface area contributed by atoms with Crippen molar-refractivity contribution in [1.29, 1.82) is 0 Å². The maximum Gasteiger partial charge on any atom is 0.491 e. The third-order valence-electron chi connectivity index (χ3n) is 2.65. The predicted octanol–water partition coefficient (Wildman–Crippen LogP) is 2.81. The number of hydrogen-bond acceptors (Lipinski definition) is 8. The Bertz CT molecular complexity index is 922. The van der Waals surface area contributed by atoms with Crippen LogP contribution in [0.4, 0.5) is 13.2 Å². The molecule has 0 atom stereocenters. The van der Waals surface area contributed by atoms with Gasteiger partial charge < -0.3 is 4.74 Å². The van der Waals surface area contributed by atoms with Gasteiger partial charge in [-0.2, -0.15) is 13.2 Å². The normalized spacial score (nSPS) is 11.6. The molecule has 24 heavy (non-hydrogen) atoms. The van der Waals surface area contributed by atoms with Crippen molar-refractivity contribution >= 4 is 45.3 Å². The summed E-state index contributed by atoms with van der Waals surface area (Å²) in [6, 6.07) is 5.24. The van der Waals surface area contributed by atoms with Crippen molar-refractivity contribution in [2.24, 2.45) is 0 Å². The van der Waals surface area contributed by atoms with E-state index in [4.69, 9.17) is 0 Å². The third-order valence-corrected chi connectivity index (χ3v) is 4.42. The lowest BCUT2D eigenvalue weighted by molar-refractivity contribution is -0.193. The lowest BCUT2D eigenvalue weighted by Gasteiger charge is -2.05. The van der Waals surface area contributed by atoms with Crippen molar-refractivity contribution in [2.45, 2.75) is 16.1 Å². The number of ether oxygens (including phenoxy) is 1. The smallest absolute Gasteiger partial charge is 0.381 e. The zero-order valence-corrected chi connectivity index (χ0v) is 13.0. The highest BCUT2D eigenvalue weighted by Crippen LogP contribution is 2.31. The molecule has 0 fully saturated rings. The molecule has 0 saturated carbocycles. The molecule has 3 rings (SSSR count). The quantitative estimate of drug-likeness (QED) is 0.556. The minimum absolute atomic E-state index is 0.0150. The minimum atomic E-state index is -5.27. The average molecular weight is 374 g/mol. The number of thiazole rings is 1. The van der Waals surface area contributed by atoms with Crippen LogP contribution in [0.15, 0.2) is 33.6 Å². The summed E-state index contributed by atoms with van der Waals surface area (Å²) in [5.41, 5.74) is 2.02. The number of carbonyl (C=O) groups excluding carboxylic acids is 2. The van der Waals surface area contributed by atoms with Gasteiger partial charge in [-0.15, -0.1) is 16.4 Å². The Hall–Kier alpha value is -2.47. The molecule has 0 unspecified atom stereocenters. The zero-order chi connectivity index (χ0) is 17.3. The Morgan fingerprint density at radius 2 is 2.08 bits per heavy atom. The Kier molecular flexibility index (Phi) is 4.24. The lowest BCUT2D eigenvalue weighted by atomic mass is 10.3. The van der Waals surface area contributed by atoms with Crippen LogP contribution in [-0.4, -0.2) is 38.5 Å². The highest BCUT2D eigenvalue weighted by molar-refractivity contribution is 7.99. The number of H-pyrrole nitrogens is 1. The molecule has 1 N–H and O–H groups in total. The molecule has 0 aliphatic heterocycles. The highest BCUT2D eigenvalue weighted by Gasteiger charge is 2.43. The topological polar surface area (TPSA) is 97.8 Å². The Morgan fingerprint density at radius 3 is 2.83 bits per heavy atom. The van der Waals surface area contributed by atoms with Crippen LogP contribution in [-0.2, 0) is 9.53 Å². The molecule has 0 saturated heterocycles. The average Bonchev–Trinajstić information content (AvgIpc) is 3.14. The summed E-state index contributed by atoms with van der Waals surface area (Å²) in [5.74, 6) is -4.12. The fourth-order valence-electron chi connectivity index (χ4n) is 1.63. The first-order chi connectivity index (χ1) is 11.3. The van der Waals surface area contributed by atoms with Gasteiger partial charge in [0.2, 0.25) is 0 Å². The first kappa shape index (κ1) is 16.4. The van der Waals surface area contributed by atoms with Gasteiger partial charge in [-0.3, -0.25) is 0 Å². The summed E-state index contributed by atoms with van der Waals surface area (Å²) in [5, 5.41) is 9.10. The van der Waals surface area contributed by atoms with Crippen molar-refractivity contribution in [3.05, 3.63) is 29.4 Å².